The monoisotopic (exact) mass is 308 g/mol. The first-order chi connectivity index (χ1) is 10.1. The molecule has 1 aliphatic rings. The molecule has 0 heterocycles. The van der Waals surface area contributed by atoms with Crippen molar-refractivity contribution in [1.82, 2.24) is 10.2 Å². The van der Waals surface area contributed by atoms with Crippen molar-refractivity contribution in [1.29, 1.82) is 0 Å². The van der Waals surface area contributed by atoms with E-state index in [1.165, 1.54) is 44.1 Å². The van der Waals surface area contributed by atoms with Gasteiger partial charge in [0.2, 0.25) is 0 Å². The van der Waals surface area contributed by atoms with Crippen molar-refractivity contribution in [3.05, 3.63) is 34.9 Å². The number of hydrogen-bond donors (Lipinski definition) is 1. The van der Waals surface area contributed by atoms with Crippen molar-refractivity contribution in [2.75, 3.05) is 21.1 Å². The molecule has 0 aliphatic heterocycles. The van der Waals surface area contributed by atoms with Crippen LogP contribution in [0.4, 0.5) is 0 Å². The Balaban J connectivity index is 2.25. The summed E-state index contributed by atoms with van der Waals surface area (Å²) in [4.78, 5) is 2.45. The van der Waals surface area contributed by atoms with Gasteiger partial charge in [0.05, 0.1) is 0 Å². The van der Waals surface area contributed by atoms with Crippen LogP contribution in [-0.2, 0) is 6.42 Å². The number of likely N-dealkylation sites (N-methyl/N-ethyl adjacent to an activating group) is 2. The fourth-order valence-corrected chi connectivity index (χ4v) is 4.11. The standard InChI is InChI=1S/C18H29ClN2/c1-20-17(14-15-10-6-7-11-16(15)19)18(21(2)3)12-8-4-5-9-13-18/h6-7,10-11,17,20H,4-5,8-9,12-14H2,1-3H3. The zero-order valence-corrected chi connectivity index (χ0v) is 14.4. The highest BCUT2D eigenvalue weighted by atomic mass is 35.5. The van der Waals surface area contributed by atoms with Crippen LogP contribution < -0.4 is 5.32 Å². The highest BCUT2D eigenvalue weighted by molar-refractivity contribution is 6.31. The van der Waals surface area contributed by atoms with Gasteiger partial charge in [-0.25, -0.2) is 0 Å². The van der Waals surface area contributed by atoms with Crippen LogP contribution in [0.15, 0.2) is 24.3 Å². The topological polar surface area (TPSA) is 15.3 Å². The Hall–Kier alpha value is -0.570. The van der Waals surface area contributed by atoms with Gasteiger partial charge in [-0.3, -0.25) is 0 Å². The number of nitrogens with zero attached hydrogens (tertiary/aromatic N) is 1. The van der Waals surface area contributed by atoms with E-state index in [2.05, 4.69) is 43.5 Å². The average Bonchev–Trinajstić information content (AvgIpc) is 2.73. The molecule has 0 saturated heterocycles. The van der Waals surface area contributed by atoms with E-state index in [0.717, 1.165) is 11.4 Å². The average molecular weight is 309 g/mol. The molecule has 1 N–H and O–H groups in total. The zero-order chi connectivity index (χ0) is 15.3. The molecule has 1 aromatic carbocycles. The quantitative estimate of drug-likeness (QED) is 0.823. The fraction of sp³-hybridized carbons (Fsp3) is 0.667. The Morgan fingerprint density at radius 3 is 2.29 bits per heavy atom. The molecule has 0 radical (unpaired) electrons. The zero-order valence-electron chi connectivity index (χ0n) is 13.7. The maximum absolute atomic E-state index is 6.38. The number of nitrogens with one attached hydrogen (secondary N) is 1. The second-order valence-electron chi connectivity index (χ2n) is 6.55. The maximum atomic E-state index is 6.38. The Bertz CT molecular complexity index is 437. The molecule has 1 aromatic rings. The molecule has 0 amide bonds. The van der Waals surface area contributed by atoms with Crippen molar-refractivity contribution in [3.63, 3.8) is 0 Å². The predicted molar refractivity (Wildman–Crippen MR) is 92.1 cm³/mol. The summed E-state index contributed by atoms with van der Waals surface area (Å²) in [6, 6.07) is 8.69. The van der Waals surface area contributed by atoms with E-state index in [-0.39, 0.29) is 5.54 Å². The summed E-state index contributed by atoms with van der Waals surface area (Å²) in [5.41, 5.74) is 1.49. The third-order valence-electron chi connectivity index (χ3n) is 5.24. The molecule has 21 heavy (non-hydrogen) atoms. The molecule has 3 heteroatoms. The van der Waals surface area contributed by atoms with E-state index >= 15 is 0 Å². The van der Waals surface area contributed by atoms with Crippen LogP contribution in [0.25, 0.3) is 0 Å². The number of hydrogen-bond acceptors (Lipinski definition) is 2. The van der Waals surface area contributed by atoms with Crippen LogP contribution in [0.2, 0.25) is 5.02 Å². The van der Waals surface area contributed by atoms with Crippen molar-refractivity contribution in [2.24, 2.45) is 0 Å². The van der Waals surface area contributed by atoms with E-state index in [0.29, 0.717) is 6.04 Å². The van der Waals surface area contributed by atoms with Gasteiger partial charge in [0.15, 0.2) is 0 Å². The van der Waals surface area contributed by atoms with Crippen LogP contribution in [0, 0.1) is 0 Å². The first kappa shape index (κ1) is 16.8. The SMILES string of the molecule is CNC(Cc1ccccc1Cl)C1(N(C)C)CCCCCC1. The van der Waals surface area contributed by atoms with Gasteiger partial charge < -0.3 is 10.2 Å². The van der Waals surface area contributed by atoms with Crippen LogP contribution in [0.1, 0.15) is 44.1 Å². The minimum absolute atomic E-state index is 0.240. The van der Waals surface area contributed by atoms with Crippen molar-refractivity contribution in [3.8, 4) is 0 Å². The highest BCUT2D eigenvalue weighted by Gasteiger charge is 2.40. The van der Waals surface area contributed by atoms with E-state index in [9.17, 15) is 0 Å². The summed E-state index contributed by atoms with van der Waals surface area (Å²) in [5.74, 6) is 0. The van der Waals surface area contributed by atoms with Gasteiger partial charge in [-0.05, 0) is 52.0 Å². The van der Waals surface area contributed by atoms with Crippen LogP contribution in [-0.4, -0.2) is 37.6 Å². The van der Waals surface area contributed by atoms with E-state index < -0.39 is 0 Å². The van der Waals surface area contributed by atoms with Gasteiger partial charge in [0.1, 0.15) is 0 Å². The minimum Gasteiger partial charge on any atom is -0.315 e. The molecule has 1 unspecified atom stereocenters. The molecule has 0 bridgehead atoms. The van der Waals surface area contributed by atoms with E-state index in [1.54, 1.807) is 0 Å². The molecule has 1 saturated carbocycles. The first-order valence-corrected chi connectivity index (χ1v) is 8.56. The molecule has 0 aromatic heterocycles. The normalized spacial score (nSPS) is 20.2. The summed E-state index contributed by atoms with van der Waals surface area (Å²) in [7, 11) is 6.57. The Morgan fingerprint density at radius 2 is 1.76 bits per heavy atom. The first-order valence-electron chi connectivity index (χ1n) is 8.18. The number of benzene rings is 1. The third kappa shape index (κ3) is 3.80. The Kier molecular flexibility index (Phi) is 6.09. The van der Waals surface area contributed by atoms with Gasteiger partial charge in [0, 0.05) is 16.6 Å². The summed E-state index contributed by atoms with van der Waals surface area (Å²) in [6.07, 6.45) is 8.95. The number of halogens is 1. The molecule has 2 rings (SSSR count). The maximum Gasteiger partial charge on any atom is 0.0438 e. The van der Waals surface area contributed by atoms with Gasteiger partial charge in [-0.15, -0.1) is 0 Å². The minimum atomic E-state index is 0.240. The van der Waals surface area contributed by atoms with Gasteiger partial charge in [-0.1, -0.05) is 55.5 Å². The lowest BCUT2D eigenvalue weighted by Crippen LogP contribution is -2.59. The molecular formula is C18H29ClN2. The number of rotatable bonds is 5. The summed E-state index contributed by atoms with van der Waals surface area (Å²) in [5, 5.41) is 4.49. The lowest BCUT2D eigenvalue weighted by atomic mass is 9.78. The second kappa shape index (κ2) is 7.62. The van der Waals surface area contributed by atoms with Crippen LogP contribution in [0.5, 0.6) is 0 Å². The molecule has 1 aliphatic carbocycles. The van der Waals surface area contributed by atoms with Crippen LogP contribution in [0.3, 0.4) is 0 Å². The third-order valence-corrected chi connectivity index (χ3v) is 5.61. The van der Waals surface area contributed by atoms with Crippen molar-refractivity contribution < 1.29 is 0 Å². The van der Waals surface area contributed by atoms with Crippen molar-refractivity contribution in [2.45, 2.75) is 56.5 Å². The smallest absolute Gasteiger partial charge is 0.0438 e. The molecule has 1 fully saturated rings. The predicted octanol–water partition coefficient (Wildman–Crippen LogP) is 4.13. The summed E-state index contributed by atoms with van der Waals surface area (Å²) >= 11 is 6.38. The molecule has 1 atom stereocenters. The Labute approximate surface area is 134 Å². The lowest BCUT2D eigenvalue weighted by molar-refractivity contribution is 0.0835. The molecule has 118 valence electrons. The second-order valence-corrected chi connectivity index (χ2v) is 6.96. The van der Waals surface area contributed by atoms with Crippen molar-refractivity contribution >= 4 is 11.6 Å². The van der Waals surface area contributed by atoms with Gasteiger partial charge in [0.25, 0.3) is 0 Å². The summed E-state index contributed by atoms with van der Waals surface area (Å²) < 4.78 is 0. The van der Waals surface area contributed by atoms with E-state index in [1.807, 2.05) is 12.1 Å². The van der Waals surface area contributed by atoms with Gasteiger partial charge >= 0.3 is 0 Å². The Morgan fingerprint density at radius 1 is 1.14 bits per heavy atom. The lowest BCUT2D eigenvalue weighted by Gasteiger charge is -2.46. The fourth-order valence-electron chi connectivity index (χ4n) is 3.89. The molecular weight excluding hydrogens is 280 g/mol. The molecule has 0 spiro atoms. The molecule has 2 nitrogen and oxygen atoms in total. The van der Waals surface area contributed by atoms with E-state index in [4.69, 9.17) is 11.6 Å². The largest absolute Gasteiger partial charge is 0.315 e. The van der Waals surface area contributed by atoms with Crippen LogP contribution >= 0.6 is 11.6 Å². The summed E-state index contributed by atoms with van der Waals surface area (Å²) in [6.45, 7) is 0. The highest BCUT2D eigenvalue weighted by Crippen LogP contribution is 2.35. The van der Waals surface area contributed by atoms with Gasteiger partial charge in [-0.2, -0.15) is 0 Å².